The summed E-state index contributed by atoms with van der Waals surface area (Å²) in [5.41, 5.74) is 2.68. The second-order valence-electron chi connectivity index (χ2n) is 9.44. The van der Waals surface area contributed by atoms with E-state index in [4.69, 9.17) is 28.3 Å². The number of thiophene rings is 1. The van der Waals surface area contributed by atoms with E-state index in [2.05, 4.69) is 11.4 Å². The van der Waals surface area contributed by atoms with Gasteiger partial charge in [0.15, 0.2) is 0 Å². The van der Waals surface area contributed by atoms with Gasteiger partial charge in [0.2, 0.25) is 0 Å². The third-order valence-corrected chi connectivity index (χ3v) is 8.24. The number of carboxylic acid groups (broad SMARTS) is 1. The molecular weight excluding hydrogens is 596 g/mol. The number of amides is 1. The average Bonchev–Trinajstić information content (AvgIpc) is 3.33. The van der Waals surface area contributed by atoms with Gasteiger partial charge in [-0.15, -0.1) is 11.3 Å². The largest absolute Gasteiger partial charge is 0.481 e. The van der Waals surface area contributed by atoms with Crippen molar-refractivity contribution in [1.29, 1.82) is 5.26 Å². The summed E-state index contributed by atoms with van der Waals surface area (Å²) in [6, 6.07) is 18.6. The third-order valence-electron chi connectivity index (χ3n) is 6.72. The Morgan fingerprint density at radius 3 is 2.27 bits per heavy atom. The Bertz CT molecular complexity index is 1600. The summed E-state index contributed by atoms with van der Waals surface area (Å²) in [6.07, 6.45) is -5.92. The van der Waals surface area contributed by atoms with E-state index in [1.807, 2.05) is 5.38 Å². The average molecular weight is 619 g/mol. The van der Waals surface area contributed by atoms with Crippen LogP contribution in [0.3, 0.4) is 0 Å². The molecule has 0 radical (unpaired) electrons. The van der Waals surface area contributed by atoms with Crippen molar-refractivity contribution >= 4 is 56.5 Å². The van der Waals surface area contributed by atoms with Gasteiger partial charge in [-0.25, -0.2) is 0 Å². The number of nitrogens with zero attached hydrogens (tertiary/aromatic N) is 1. The topological polar surface area (TPSA) is 90.2 Å². The van der Waals surface area contributed by atoms with Crippen molar-refractivity contribution in [3.63, 3.8) is 0 Å². The van der Waals surface area contributed by atoms with Crippen LogP contribution in [0.4, 0.5) is 13.2 Å². The number of alkyl halides is 3. The maximum absolute atomic E-state index is 13.6. The van der Waals surface area contributed by atoms with Gasteiger partial charge in [-0.1, -0.05) is 47.5 Å². The molecule has 1 amide bonds. The highest BCUT2D eigenvalue weighted by Gasteiger charge is 2.34. The van der Waals surface area contributed by atoms with E-state index >= 15 is 0 Å². The SMILES string of the molecule is N#Cc1cc(Cl)cc2c(C(c3ccc(Cl)cc3)[C@H](CCC(F)(F)F)c3ccc(C(=O)NCCC(=O)O)cc3)csc12. The van der Waals surface area contributed by atoms with Gasteiger partial charge in [0.1, 0.15) is 6.07 Å². The zero-order chi connectivity index (χ0) is 29.7. The number of nitrogens with one attached hydrogen (secondary N) is 1. The summed E-state index contributed by atoms with van der Waals surface area (Å²) in [7, 11) is 0. The number of hydrogen-bond acceptors (Lipinski definition) is 4. The van der Waals surface area contributed by atoms with E-state index in [0.717, 1.165) is 11.1 Å². The Labute approximate surface area is 248 Å². The summed E-state index contributed by atoms with van der Waals surface area (Å²) >= 11 is 13.8. The van der Waals surface area contributed by atoms with Gasteiger partial charge < -0.3 is 10.4 Å². The molecule has 41 heavy (non-hydrogen) atoms. The van der Waals surface area contributed by atoms with Gasteiger partial charge in [0, 0.05) is 34.5 Å². The maximum Gasteiger partial charge on any atom is 0.389 e. The first kappa shape index (κ1) is 30.4. The number of hydrogen-bond donors (Lipinski definition) is 2. The van der Waals surface area contributed by atoms with Gasteiger partial charge >= 0.3 is 12.1 Å². The minimum absolute atomic E-state index is 0.0543. The van der Waals surface area contributed by atoms with Crippen molar-refractivity contribution in [2.45, 2.75) is 37.3 Å². The van der Waals surface area contributed by atoms with E-state index in [-0.39, 0.29) is 24.9 Å². The standard InChI is InChI=1S/C30H23Cl2F3N2O3S/c31-21-7-5-18(6-8-21)27(25-16-41-28-20(15-36)13-22(32)14-24(25)28)23(9-11-30(33,34)35)17-1-3-19(4-2-17)29(40)37-12-10-26(38)39/h1-8,13-14,16,23,27H,9-12H2,(H,37,40)(H,38,39)/t23-,27?/m1/s1. The van der Waals surface area contributed by atoms with Crippen LogP contribution < -0.4 is 5.32 Å². The zero-order valence-electron chi connectivity index (χ0n) is 21.3. The molecule has 2 atom stereocenters. The molecule has 1 unspecified atom stereocenters. The molecule has 0 saturated heterocycles. The van der Waals surface area contributed by atoms with Crippen molar-refractivity contribution in [2.75, 3.05) is 6.54 Å². The molecule has 0 aliphatic rings. The second-order valence-corrected chi connectivity index (χ2v) is 11.2. The molecule has 11 heteroatoms. The molecule has 0 bridgehead atoms. The summed E-state index contributed by atoms with van der Waals surface area (Å²) in [5, 5.41) is 24.3. The highest BCUT2D eigenvalue weighted by molar-refractivity contribution is 7.17. The number of benzene rings is 3. The van der Waals surface area contributed by atoms with E-state index in [0.29, 0.717) is 31.3 Å². The van der Waals surface area contributed by atoms with Crippen LogP contribution in [0.25, 0.3) is 10.1 Å². The second kappa shape index (κ2) is 12.9. The van der Waals surface area contributed by atoms with Crippen molar-refractivity contribution in [2.24, 2.45) is 0 Å². The molecule has 3 aromatic carbocycles. The van der Waals surface area contributed by atoms with Crippen LogP contribution in [-0.2, 0) is 4.79 Å². The first-order valence-electron chi connectivity index (χ1n) is 12.5. The van der Waals surface area contributed by atoms with Gasteiger partial charge in [0.05, 0.1) is 16.7 Å². The number of nitriles is 1. The molecule has 4 aromatic rings. The van der Waals surface area contributed by atoms with Gasteiger partial charge in [-0.05, 0) is 76.2 Å². The molecule has 0 fully saturated rings. The highest BCUT2D eigenvalue weighted by atomic mass is 35.5. The fraction of sp³-hybridized carbons (Fsp3) is 0.233. The predicted molar refractivity (Wildman–Crippen MR) is 154 cm³/mol. The molecule has 1 heterocycles. The Morgan fingerprint density at radius 2 is 1.66 bits per heavy atom. The first-order chi connectivity index (χ1) is 19.5. The summed E-state index contributed by atoms with van der Waals surface area (Å²) in [5.74, 6) is -2.78. The number of halogens is 5. The lowest BCUT2D eigenvalue weighted by Gasteiger charge is -2.29. The molecule has 4 rings (SSSR count). The minimum atomic E-state index is -4.40. The molecule has 0 aliphatic heterocycles. The highest BCUT2D eigenvalue weighted by Crippen LogP contribution is 2.47. The number of carbonyl (C=O) groups is 2. The normalized spacial score (nSPS) is 13.0. The molecule has 2 N–H and O–H groups in total. The van der Waals surface area contributed by atoms with Crippen LogP contribution in [0, 0.1) is 11.3 Å². The van der Waals surface area contributed by atoms with Crippen LogP contribution in [0.2, 0.25) is 10.0 Å². The molecule has 5 nitrogen and oxygen atoms in total. The van der Waals surface area contributed by atoms with Crippen LogP contribution in [0.1, 0.15) is 63.7 Å². The number of fused-ring (bicyclic) bond motifs is 1. The van der Waals surface area contributed by atoms with Gasteiger partial charge in [-0.2, -0.15) is 18.4 Å². The Balaban J connectivity index is 1.82. The molecule has 0 spiro atoms. The van der Waals surface area contributed by atoms with Crippen LogP contribution >= 0.6 is 34.5 Å². The lowest BCUT2D eigenvalue weighted by Crippen LogP contribution is -2.26. The summed E-state index contributed by atoms with van der Waals surface area (Å²) in [4.78, 5) is 23.2. The Hall–Kier alpha value is -3.58. The van der Waals surface area contributed by atoms with E-state index in [1.165, 1.54) is 23.5 Å². The smallest absolute Gasteiger partial charge is 0.389 e. The lowest BCUT2D eigenvalue weighted by molar-refractivity contribution is -0.137. The summed E-state index contributed by atoms with van der Waals surface area (Å²) in [6.45, 7) is -0.0543. The van der Waals surface area contributed by atoms with Gasteiger partial charge in [0.25, 0.3) is 5.91 Å². The monoisotopic (exact) mass is 618 g/mol. The van der Waals surface area contributed by atoms with E-state index in [1.54, 1.807) is 48.5 Å². The number of carbonyl (C=O) groups excluding carboxylic acids is 1. The first-order valence-corrected chi connectivity index (χ1v) is 14.1. The summed E-state index contributed by atoms with van der Waals surface area (Å²) < 4.78 is 41.4. The number of carboxylic acids is 1. The maximum atomic E-state index is 13.6. The van der Waals surface area contributed by atoms with Crippen molar-refractivity contribution in [3.05, 3.63) is 104 Å². The predicted octanol–water partition coefficient (Wildman–Crippen LogP) is 8.54. The van der Waals surface area contributed by atoms with Crippen LogP contribution in [-0.4, -0.2) is 29.7 Å². The fourth-order valence-corrected chi connectivity index (χ4v) is 6.25. The molecule has 0 saturated carbocycles. The number of aliphatic carboxylic acids is 1. The molecular formula is C30H23Cl2F3N2O3S. The quantitative estimate of drug-likeness (QED) is 0.186. The minimum Gasteiger partial charge on any atom is -0.481 e. The Morgan fingerprint density at radius 1 is 1.00 bits per heavy atom. The van der Waals surface area contributed by atoms with E-state index < -0.39 is 36.3 Å². The lowest BCUT2D eigenvalue weighted by atomic mass is 9.74. The fourth-order valence-electron chi connectivity index (χ4n) is 4.86. The molecule has 0 aliphatic carbocycles. The molecule has 212 valence electrons. The number of rotatable bonds is 10. The van der Waals surface area contributed by atoms with E-state index in [9.17, 15) is 28.0 Å². The third kappa shape index (κ3) is 7.59. The zero-order valence-corrected chi connectivity index (χ0v) is 23.7. The van der Waals surface area contributed by atoms with Crippen molar-refractivity contribution in [1.82, 2.24) is 5.32 Å². The Kier molecular flexibility index (Phi) is 9.59. The van der Waals surface area contributed by atoms with Crippen molar-refractivity contribution in [3.8, 4) is 6.07 Å². The van der Waals surface area contributed by atoms with Gasteiger partial charge in [-0.3, -0.25) is 9.59 Å². The molecule has 1 aromatic heterocycles. The van der Waals surface area contributed by atoms with Crippen LogP contribution in [0.15, 0.2) is 66.0 Å². The van der Waals surface area contributed by atoms with Crippen molar-refractivity contribution < 1.29 is 27.9 Å². The van der Waals surface area contributed by atoms with Crippen LogP contribution in [0.5, 0.6) is 0 Å².